The molecule has 36 heavy (non-hydrogen) atoms. The Morgan fingerprint density at radius 1 is 0.889 bits per heavy atom. The summed E-state index contributed by atoms with van der Waals surface area (Å²) in [5.74, 6) is 2.15. The van der Waals surface area contributed by atoms with Gasteiger partial charge < -0.3 is 23.7 Å². The summed E-state index contributed by atoms with van der Waals surface area (Å²) in [7, 11) is 4.70. The number of ether oxygens (including phenoxy) is 5. The van der Waals surface area contributed by atoms with E-state index in [2.05, 4.69) is 4.98 Å². The highest BCUT2D eigenvalue weighted by Gasteiger charge is 2.31. The zero-order chi connectivity index (χ0) is 25.1. The number of methoxy groups -OCH3 is 3. The Labute approximate surface area is 209 Å². The summed E-state index contributed by atoms with van der Waals surface area (Å²) in [6.07, 6.45) is 1.82. The Kier molecular flexibility index (Phi) is 6.62. The number of hydrogen-bond donors (Lipinski definition) is 0. The lowest BCUT2D eigenvalue weighted by Crippen LogP contribution is -2.06. The van der Waals surface area contributed by atoms with Gasteiger partial charge in [0.1, 0.15) is 30.0 Å². The molecule has 6 nitrogen and oxygen atoms in total. The maximum atomic E-state index is 15.2. The number of pyridine rings is 1. The molecule has 1 atom stereocenters. The molecule has 1 unspecified atom stereocenters. The van der Waals surface area contributed by atoms with E-state index in [9.17, 15) is 0 Å². The SMILES string of the molecule is COc1cc(C2Cc3nccc(-c4c(F)cccc4OCc4ccccc4)c3O2)cc(OC)c1OC. The Balaban J connectivity index is 1.49. The van der Waals surface area contributed by atoms with E-state index in [4.69, 9.17) is 23.7 Å². The molecule has 1 aliphatic rings. The quantitative estimate of drug-likeness (QED) is 0.296. The summed E-state index contributed by atoms with van der Waals surface area (Å²) in [4.78, 5) is 4.52. The summed E-state index contributed by atoms with van der Waals surface area (Å²) in [5.41, 5.74) is 3.51. The molecule has 0 saturated heterocycles. The van der Waals surface area contributed by atoms with Crippen LogP contribution in [-0.2, 0) is 13.0 Å². The first-order valence-electron chi connectivity index (χ1n) is 11.5. The monoisotopic (exact) mass is 487 g/mol. The molecule has 1 aromatic heterocycles. The van der Waals surface area contributed by atoms with Crippen molar-refractivity contribution in [1.82, 2.24) is 4.98 Å². The fourth-order valence-corrected chi connectivity index (χ4v) is 4.42. The lowest BCUT2D eigenvalue weighted by atomic mass is 10.0. The molecule has 0 N–H and O–H groups in total. The molecule has 0 fully saturated rings. The van der Waals surface area contributed by atoms with E-state index in [1.807, 2.05) is 42.5 Å². The van der Waals surface area contributed by atoms with Crippen LogP contribution >= 0.6 is 0 Å². The third-order valence-electron chi connectivity index (χ3n) is 6.16. The summed E-state index contributed by atoms with van der Waals surface area (Å²) in [6.45, 7) is 0.319. The minimum absolute atomic E-state index is 0.319. The molecule has 0 bridgehead atoms. The highest BCUT2D eigenvalue weighted by molar-refractivity contribution is 5.77. The fraction of sp³-hybridized carbons (Fsp3) is 0.207. The highest BCUT2D eigenvalue weighted by atomic mass is 19.1. The van der Waals surface area contributed by atoms with Gasteiger partial charge in [-0.15, -0.1) is 0 Å². The van der Waals surface area contributed by atoms with Crippen LogP contribution in [0.3, 0.4) is 0 Å². The molecule has 0 amide bonds. The third kappa shape index (κ3) is 4.40. The van der Waals surface area contributed by atoms with E-state index >= 15 is 4.39 Å². The van der Waals surface area contributed by atoms with Crippen LogP contribution in [-0.4, -0.2) is 26.3 Å². The molecule has 7 heteroatoms. The zero-order valence-corrected chi connectivity index (χ0v) is 20.3. The van der Waals surface area contributed by atoms with E-state index < -0.39 is 5.82 Å². The second-order valence-electron chi connectivity index (χ2n) is 8.29. The van der Waals surface area contributed by atoms with Crippen molar-refractivity contribution in [1.29, 1.82) is 0 Å². The van der Waals surface area contributed by atoms with Gasteiger partial charge in [0.2, 0.25) is 5.75 Å². The van der Waals surface area contributed by atoms with Crippen LogP contribution < -0.4 is 23.7 Å². The fourth-order valence-electron chi connectivity index (χ4n) is 4.42. The van der Waals surface area contributed by atoms with Crippen LogP contribution in [0.5, 0.6) is 28.7 Å². The number of rotatable bonds is 8. The van der Waals surface area contributed by atoms with Crippen molar-refractivity contribution in [2.75, 3.05) is 21.3 Å². The predicted octanol–water partition coefficient (Wildman–Crippen LogP) is 6.17. The van der Waals surface area contributed by atoms with Crippen molar-refractivity contribution in [2.24, 2.45) is 0 Å². The van der Waals surface area contributed by atoms with Gasteiger partial charge in [-0.3, -0.25) is 4.98 Å². The van der Waals surface area contributed by atoms with Crippen molar-refractivity contribution in [3.63, 3.8) is 0 Å². The van der Waals surface area contributed by atoms with Gasteiger partial charge in [0.05, 0.1) is 32.6 Å². The average Bonchev–Trinajstić information content (AvgIpc) is 3.36. The van der Waals surface area contributed by atoms with Crippen LogP contribution in [0.4, 0.5) is 4.39 Å². The first-order valence-corrected chi connectivity index (χ1v) is 11.5. The number of halogens is 1. The van der Waals surface area contributed by atoms with Gasteiger partial charge in [-0.1, -0.05) is 36.4 Å². The van der Waals surface area contributed by atoms with Crippen LogP contribution in [0.1, 0.15) is 22.9 Å². The molecule has 5 rings (SSSR count). The normalized spacial score (nSPS) is 14.1. The maximum absolute atomic E-state index is 15.2. The van der Waals surface area contributed by atoms with Gasteiger partial charge in [-0.05, 0) is 35.9 Å². The maximum Gasteiger partial charge on any atom is 0.203 e. The number of nitrogens with zero attached hydrogens (tertiary/aromatic N) is 1. The van der Waals surface area contributed by atoms with Crippen LogP contribution in [0.2, 0.25) is 0 Å². The molecule has 3 aromatic carbocycles. The number of fused-ring (bicyclic) bond motifs is 1. The standard InChI is InChI=1S/C29H26FNO5/c1-32-25-14-19(15-26(33-2)29(25)34-3)24-16-22-28(36-24)20(12-13-31-22)27-21(30)10-7-11-23(27)35-17-18-8-5-4-6-9-18/h4-15,24H,16-17H2,1-3H3. The molecule has 4 aromatic rings. The molecule has 0 saturated carbocycles. The molecule has 0 radical (unpaired) electrons. The van der Waals surface area contributed by atoms with Crippen molar-refractivity contribution < 1.29 is 28.1 Å². The lowest BCUT2D eigenvalue weighted by Gasteiger charge is -2.18. The minimum Gasteiger partial charge on any atom is -0.493 e. The van der Waals surface area contributed by atoms with E-state index in [-0.39, 0.29) is 6.10 Å². The van der Waals surface area contributed by atoms with Crippen LogP contribution in [0, 0.1) is 5.82 Å². The Hall–Kier alpha value is -4.26. The second kappa shape index (κ2) is 10.2. The smallest absolute Gasteiger partial charge is 0.203 e. The molecular formula is C29H26FNO5. The van der Waals surface area contributed by atoms with E-state index in [1.54, 1.807) is 45.7 Å². The first-order chi connectivity index (χ1) is 17.6. The first kappa shape index (κ1) is 23.5. The summed E-state index contributed by atoms with van der Waals surface area (Å²) in [5, 5.41) is 0. The van der Waals surface area contributed by atoms with Gasteiger partial charge in [-0.25, -0.2) is 4.39 Å². The van der Waals surface area contributed by atoms with Crippen molar-refractivity contribution >= 4 is 0 Å². The van der Waals surface area contributed by atoms with Crippen molar-refractivity contribution in [3.05, 3.63) is 95.6 Å². The van der Waals surface area contributed by atoms with E-state index in [0.717, 1.165) is 16.8 Å². The molecule has 0 spiro atoms. The largest absolute Gasteiger partial charge is 0.493 e. The predicted molar refractivity (Wildman–Crippen MR) is 134 cm³/mol. The number of benzene rings is 3. The van der Waals surface area contributed by atoms with Gasteiger partial charge in [0, 0.05) is 23.7 Å². The van der Waals surface area contributed by atoms with Gasteiger partial charge in [0.25, 0.3) is 0 Å². The summed E-state index contributed by atoms with van der Waals surface area (Å²) < 4.78 is 44.1. The van der Waals surface area contributed by atoms with E-state index in [1.165, 1.54) is 6.07 Å². The van der Waals surface area contributed by atoms with Gasteiger partial charge in [-0.2, -0.15) is 0 Å². The topological polar surface area (TPSA) is 59.0 Å². The average molecular weight is 488 g/mol. The van der Waals surface area contributed by atoms with Crippen molar-refractivity contribution in [3.8, 4) is 39.9 Å². The molecule has 184 valence electrons. The molecule has 2 heterocycles. The van der Waals surface area contributed by atoms with E-state index in [0.29, 0.717) is 52.9 Å². The Morgan fingerprint density at radius 3 is 2.33 bits per heavy atom. The number of hydrogen-bond acceptors (Lipinski definition) is 6. The Bertz CT molecular complexity index is 1350. The lowest BCUT2D eigenvalue weighted by molar-refractivity contribution is 0.237. The summed E-state index contributed by atoms with van der Waals surface area (Å²) in [6, 6.07) is 20.1. The molecular weight excluding hydrogens is 461 g/mol. The third-order valence-corrected chi connectivity index (χ3v) is 6.16. The van der Waals surface area contributed by atoms with Crippen molar-refractivity contribution in [2.45, 2.75) is 19.1 Å². The highest BCUT2D eigenvalue weighted by Crippen LogP contribution is 2.47. The zero-order valence-electron chi connectivity index (χ0n) is 20.3. The van der Waals surface area contributed by atoms with Crippen LogP contribution in [0.15, 0.2) is 72.9 Å². The molecule has 1 aliphatic heterocycles. The number of aromatic nitrogens is 1. The minimum atomic E-state index is -0.395. The molecule has 0 aliphatic carbocycles. The summed E-state index contributed by atoms with van der Waals surface area (Å²) >= 11 is 0. The van der Waals surface area contributed by atoms with Gasteiger partial charge >= 0.3 is 0 Å². The second-order valence-corrected chi connectivity index (χ2v) is 8.29. The van der Waals surface area contributed by atoms with Gasteiger partial charge in [0.15, 0.2) is 11.5 Å². The van der Waals surface area contributed by atoms with Crippen LogP contribution in [0.25, 0.3) is 11.1 Å². The Morgan fingerprint density at radius 2 is 1.64 bits per heavy atom.